The molecule has 0 heterocycles. The molecule has 19 heavy (non-hydrogen) atoms. The number of hydrogen-bond donors (Lipinski definition) is 0. The van der Waals surface area contributed by atoms with Crippen LogP contribution in [0, 0.1) is 0 Å². The van der Waals surface area contributed by atoms with Gasteiger partial charge in [-0.2, -0.15) is 4.31 Å². The molecule has 0 spiro atoms. The largest absolute Gasteiger partial charge is 0.217 e. The van der Waals surface area contributed by atoms with Crippen molar-refractivity contribution in [2.75, 3.05) is 12.4 Å². The third-order valence-electron chi connectivity index (χ3n) is 4.59. The van der Waals surface area contributed by atoms with E-state index in [-0.39, 0.29) is 11.3 Å². The molecule has 2 aliphatic rings. The highest BCUT2D eigenvalue weighted by Gasteiger charge is 2.36. The van der Waals surface area contributed by atoms with Crippen molar-refractivity contribution in [2.45, 2.75) is 75.5 Å². The second-order valence-corrected chi connectivity index (χ2v) is 8.44. The summed E-state index contributed by atoms with van der Waals surface area (Å²) in [7, 11) is -3.14. The van der Waals surface area contributed by atoms with Gasteiger partial charge in [0.2, 0.25) is 10.0 Å². The topological polar surface area (TPSA) is 37.4 Å². The number of nitrogens with zero attached hydrogens (tertiary/aromatic N) is 1. The van der Waals surface area contributed by atoms with Gasteiger partial charge < -0.3 is 0 Å². The van der Waals surface area contributed by atoms with Crippen LogP contribution in [-0.4, -0.2) is 36.4 Å². The van der Waals surface area contributed by atoms with Gasteiger partial charge in [-0.1, -0.05) is 38.5 Å². The molecule has 2 fully saturated rings. The molecule has 0 bridgehead atoms. The predicted molar refractivity (Wildman–Crippen MR) is 80.1 cm³/mol. The highest BCUT2D eigenvalue weighted by atomic mass is 35.5. The summed E-state index contributed by atoms with van der Waals surface area (Å²) in [4.78, 5) is 0. The lowest BCUT2D eigenvalue weighted by Gasteiger charge is -2.36. The normalized spacial score (nSPS) is 23.9. The van der Waals surface area contributed by atoms with Gasteiger partial charge in [-0.05, 0) is 25.7 Å². The van der Waals surface area contributed by atoms with E-state index in [0.717, 1.165) is 51.4 Å². The lowest BCUT2D eigenvalue weighted by atomic mass is 9.95. The quantitative estimate of drug-likeness (QED) is 0.729. The Bertz CT molecular complexity index is 360. The highest BCUT2D eigenvalue weighted by Crippen LogP contribution is 2.31. The van der Waals surface area contributed by atoms with Gasteiger partial charge in [0.25, 0.3) is 0 Å². The molecular weight excluding hydrogens is 282 g/mol. The molecule has 2 aliphatic carbocycles. The summed E-state index contributed by atoms with van der Waals surface area (Å²) in [5.74, 6) is 0.405. The van der Waals surface area contributed by atoms with E-state index in [1.165, 1.54) is 12.8 Å². The first-order chi connectivity index (χ1) is 9.16. The van der Waals surface area contributed by atoms with Crippen LogP contribution in [0.25, 0.3) is 0 Å². The molecule has 3 nitrogen and oxygen atoms in total. The van der Waals surface area contributed by atoms with Crippen LogP contribution in [0.2, 0.25) is 0 Å². The molecule has 0 aromatic heterocycles. The number of halogens is 1. The molecule has 0 N–H and O–H groups in total. The monoisotopic (exact) mass is 307 g/mol. The van der Waals surface area contributed by atoms with Crippen LogP contribution in [0.4, 0.5) is 0 Å². The van der Waals surface area contributed by atoms with E-state index in [0.29, 0.717) is 12.4 Å². The molecule has 0 radical (unpaired) electrons. The molecule has 5 heteroatoms. The molecule has 0 aliphatic heterocycles. The fraction of sp³-hybridized carbons (Fsp3) is 1.00. The van der Waals surface area contributed by atoms with Gasteiger partial charge in [-0.3, -0.25) is 0 Å². The van der Waals surface area contributed by atoms with Gasteiger partial charge in [-0.15, -0.1) is 11.6 Å². The average molecular weight is 308 g/mol. The molecule has 0 aromatic rings. The van der Waals surface area contributed by atoms with Crippen molar-refractivity contribution >= 4 is 21.6 Å². The van der Waals surface area contributed by atoms with Crippen LogP contribution >= 0.6 is 11.6 Å². The Hall–Kier alpha value is 0.200. The van der Waals surface area contributed by atoms with E-state index in [4.69, 9.17) is 11.6 Å². The Balaban J connectivity index is 2.11. The second-order valence-electron chi connectivity index (χ2n) is 5.90. The molecule has 2 saturated carbocycles. The Morgan fingerprint density at radius 2 is 1.42 bits per heavy atom. The van der Waals surface area contributed by atoms with E-state index >= 15 is 0 Å². The maximum absolute atomic E-state index is 12.8. The minimum Gasteiger partial charge on any atom is -0.212 e. The molecule has 2 rings (SSSR count). The van der Waals surface area contributed by atoms with Crippen LogP contribution in [-0.2, 0) is 10.0 Å². The van der Waals surface area contributed by atoms with E-state index in [2.05, 4.69) is 0 Å². The zero-order valence-electron chi connectivity index (χ0n) is 11.7. The summed E-state index contributed by atoms with van der Waals surface area (Å²) < 4.78 is 27.4. The molecule has 0 saturated heterocycles. The number of alkyl halides is 1. The van der Waals surface area contributed by atoms with Crippen molar-refractivity contribution < 1.29 is 8.42 Å². The minimum absolute atomic E-state index is 0.147. The molecule has 0 amide bonds. The Morgan fingerprint density at radius 1 is 0.895 bits per heavy atom. The first-order valence-electron chi connectivity index (χ1n) is 7.73. The van der Waals surface area contributed by atoms with E-state index in [1.54, 1.807) is 4.31 Å². The van der Waals surface area contributed by atoms with Gasteiger partial charge in [-0.25, -0.2) is 8.42 Å². The van der Waals surface area contributed by atoms with E-state index in [1.807, 2.05) is 0 Å². The van der Waals surface area contributed by atoms with Crippen molar-refractivity contribution in [1.29, 1.82) is 0 Å². The van der Waals surface area contributed by atoms with Crippen molar-refractivity contribution in [3.63, 3.8) is 0 Å². The third-order valence-corrected chi connectivity index (χ3v) is 7.20. The van der Waals surface area contributed by atoms with Gasteiger partial charge in [0.15, 0.2) is 0 Å². The zero-order valence-corrected chi connectivity index (χ0v) is 13.3. The highest BCUT2D eigenvalue weighted by molar-refractivity contribution is 7.89. The Labute approximate surface area is 122 Å². The SMILES string of the molecule is O=S(=O)(C1CCCCC1)N(CCCl)C1CCCCC1. The summed E-state index contributed by atoms with van der Waals surface area (Å²) >= 11 is 5.85. The van der Waals surface area contributed by atoms with Gasteiger partial charge in [0.05, 0.1) is 5.25 Å². The molecule has 0 unspecified atom stereocenters. The first kappa shape index (κ1) is 15.6. The van der Waals surface area contributed by atoms with Crippen LogP contribution < -0.4 is 0 Å². The average Bonchev–Trinajstić information content (AvgIpc) is 2.46. The summed E-state index contributed by atoms with van der Waals surface area (Å²) in [6, 6.07) is 0.208. The number of hydrogen-bond acceptors (Lipinski definition) is 2. The fourth-order valence-corrected chi connectivity index (χ4v) is 6.09. The third kappa shape index (κ3) is 3.85. The maximum atomic E-state index is 12.8. The number of rotatable bonds is 5. The molecule has 0 atom stereocenters. The van der Waals surface area contributed by atoms with Crippen molar-refractivity contribution in [2.24, 2.45) is 0 Å². The van der Waals surface area contributed by atoms with Gasteiger partial charge >= 0.3 is 0 Å². The van der Waals surface area contributed by atoms with Gasteiger partial charge in [0, 0.05) is 18.5 Å². The van der Waals surface area contributed by atoms with Crippen LogP contribution in [0.1, 0.15) is 64.2 Å². The summed E-state index contributed by atoms with van der Waals surface area (Å²) in [6.07, 6.45) is 10.6. The maximum Gasteiger partial charge on any atom is 0.217 e. The van der Waals surface area contributed by atoms with E-state index in [9.17, 15) is 8.42 Å². The lowest BCUT2D eigenvalue weighted by molar-refractivity contribution is 0.257. The van der Waals surface area contributed by atoms with Crippen molar-refractivity contribution in [3.8, 4) is 0 Å². The Morgan fingerprint density at radius 3 is 1.95 bits per heavy atom. The summed E-state index contributed by atoms with van der Waals surface area (Å²) in [6.45, 7) is 0.491. The molecule has 112 valence electrons. The lowest BCUT2D eigenvalue weighted by Crippen LogP contribution is -2.47. The number of sulfonamides is 1. The second kappa shape index (κ2) is 7.28. The smallest absolute Gasteiger partial charge is 0.212 e. The van der Waals surface area contributed by atoms with Crippen LogP contribution in [0.15, 0.2) is 0 Å². The standard InChI is InChI=1S/C14H26ClNO2S/c15-11-12-16(13-7-3-1-4-8-13)19(17,18)14-9-5-2-6-10-14/h13-14H,1-12H2. The fourth-order valence-electron chi connectivity index (χ4n) is 3.52. The zero-order chi connectivity index (χ0) is 13.7. The van der Waals surface area contributed by atoms with Crippen molar-refractivity contribution in [3.05, 3.63) is 0 Å². The van der Waals surface area contributed by atoms with Crippen molar-refractivity contribution in [1.82, 2.24) is 4.31 Å². The van der Waals surface area contributed by atoms with Crippen LogP contribution in [0.3, 0.4) is 0 Å². The van der Waals surface area contributed by atoms with E-state index < -0.39 is 10.0 Å². The first-order valence-corrected chi connectivity index (χ1v) is 9.76. The Kier molecular flexibility index (Phi) is 5.97. The minimum atomic E-state index is -3.14. The van der Waals surface area contributed by atoms with Gasteiger partial charge in [0.1, 0.15) is 0 Å². The van der Waals surface area contributed by atoms with Crippen LogP contribution in [0.5, 0.6) is 0 Å². The molecule has 0 aromatic carbocycles. The predicted octanol–water partition coefficient (Wildman–Crippen LogP) is 3.52. The molecular formula is C14H26ClNO2S. The summed E-state index contributed by atoms with van der Waals surface area (Å²) in [5.41, 5.74) is 0. The summed E-state index contributed by atoms with van der Waals surface area (Å²) in [5, 5.41) is -0.147.